The van der Waals surface area contributed by atoms with E-state index in [0.29, 0.717) is 16.5 Å². The summed E-state index contributed by atoms with van der Waals surface area (Å²) in [6.07, 6.45) is 1.93. The van der Waals surface area contributed by atoms with Crippen LogP contribution in [0.15, 0.2) is 53.8 Å². The van der Waals surface area contributed by atoms with Gasteiger partial charge in [0.2, 0.25) is 5.95 Å². The number of aromatic nitrogens is 3. The molecule has 4 aromatic rings. The van der Waals surface area contributed by atoms with E-state index in [2.05, 4.69) is 15.4 Å². The Kier molecular flexibility index (Phi) is 3.85. The van der Waals surface area contributed by atoms with Crippen LogP contribution in [0.4, 0.5) is 11.6 Å². The molecule has 0 saturated carbocycles. The summed E-state index contributed by atoms with van der Waals surface area (Å²) < 4.78 is 1.92. The molecule has 8 heteroatoms. The number of rotatable bonds is 3. The van der Waals surface area contributed by atoms with E-state index in [-0.39, 0.29) is 5.84 Å². The van der Waals surface area contributed by atoms with E-state index in [0.717, 1.165) is 27.9 Å². The fourth-order valence-electron chi connectivity index (χ4n) is 2.85. The van der Waals surface area contributed by atoms with E-state index in [9.17, 15) is 0 Å². The molecule has 0 aliphatic rings. The molecule has 26 heavy (non-hydrogen) atoms. The lowest BCUT2D eigenvalue weighted by atomic mass is 10.1. The minimum Gasteiger partial charge on any atom is -0.382 e. The van der Waals surface area contributed by atoms with Crippen LogP contribution in [-0.2, 0) is 0 Å². The first-order valence-corrected chi connectivity index (χ1v) is 8.29. The molecule has 0 aliphatic heterocycles. The van der Waals surface area contributed by atoms with E-state index < -0.39 is 0 Å². The predicted octanol–water partition coefficient (Wildman–Crippen LogP) is 3.17. The van der Waals surface area contributed by atoms with E-state index in [4.69, 9.17) is 28.2 Å². The second-order valence-corrected chi connectivity index (χ2v) is 6.33. The van der Waals surface area contributed by atoms with Crippen molar-refractivity contribution in [3.63, 3.8) is 0 Å². The van der Waals surface area contributed by atoms with Gasteiger partial charge < -0.3 is 16.9 Å². The molecule has 0 bridgehead atoms. The highest BCUT2D eigenvalue weighted by Crippen LogP contribution is 2.26. The number of hydrazone groups is 1. The summed E-state index contributed by atoms with van der Waals surface area (Å²) in [6.45, 7) is 1.94. The highest BCUT2D eigenvalue weighted by molar-refractivity contribution is 6.30. The molecule has 0 unspecified atom stereocenters. The highest BCUT2D eigenvalue weighted by Gasteiger charge is 2.12. The number of imidazole rings is 1. The van der Waals surface area contributed by atoms with Gasteiger partial charge in [0, 0.05) is 27.9 Å². The quantitative estimate of drug-likeness (QED) is 0.224. The van der Waals surface area contributed by atoms with Crippen LogP contribution in [0.3, 0.4) is 0 Å². The van der Waals surface area contributed by atoms with Gasteiger partial charge in [0.1, 0.15) is 11.5 Å². The number of hydrogen-bond donors (Lipinski definition) is 3. The van der Waals surface area contributed by atoms with Crippen LogP contribution in [0.5, 0.6) is 0 Å². The van der Waals surface area contributed by atoms with Crippen LogP contribution in [0.25, 0.3) is 16.6 Å². The number of benzene rings is 2. The normalized spacial score (nSPS) is 12.0. The molecule has 130 valence electrons. The van der Waals surface area contributed by atoms with Crippen LogP contribution in [0.2, 0.25) is 5.02 Å². The molecular weight excluding hydrogens is 350 g/mol. The Hall–Kier alpha value is -3.32. The topological polar surface area (TPSA) is 107 Å². The van der Waals surface area contributed by atoms with Gasteiger partial charge in [0.15, 0.2) is 0 Å². The van der Waals surface area contributed by atoms with Gasteiger partial charge in [0.05, 0.1) is 11.2 Å². The van der Waals surface area contributed by atoms with Crippen LogP contribution < -0.4 is 16.9 Å². The summed E-state index contributed by atoms with van der Waals surface area (Å²) in [7, 11) is 0. The third-order valence-corrected chi connectivity index (χ3v) is 4.27. The summed E-state index contributed by atoms with van der Waals surface area (Å²) >= 11 is 6.08. The van der Waals surface area contributed by atoms with E-state index in [1.54, 1.807) is 0 Å². The van der Waals surface area contributed by atoms with Crippen LogP contribution in [0, 0.1) is 6.92 Å². The third-order valence-electron chi connectivity index (χ3n) is 4.04. The number of hydrogen-bond acceptors (Lipinski definition) is 5. The number of amidine groups is 1. The average molecular weight is 366 g/mol. The lowest BCUT2D eigenvalue weighted by Crippen LogP contribution is -2.15. The second kappa shape index (κ2) is 6.20. The molecule has 0 amide bonds. The monoisotopic (exact) mass is 365 g/mol. The molecule has 4 rings (SSSR count). The number of nitrogens with one attached hydrogen (secondary N) is 1. The Morgan fingerprint density at radius 2 is 2.04 bits per heavy atom. The minimum atomic E-state index is 0.248. The van der Waals surface area contributed by atoms with E-state index in [1.165, 1.54) is 0 Å². The van der Waals surface area contributed by atoms with Crippen LogP contribution >= 0.6 is 11.6 Å². The smallest absolute Gasteiger partial charge is 0.213 e. The van der Waals surface area contributed by atoms with Crippen molar-refractivity contribution in [2.24, 2.45) is 16.7 Å². The van der Waals surface area contributed by atoms with Gasteiger partial charge in [-0.2, -0.15) is 5.10 Å². The molecule has 0 fully saturated rings. The summed E-state index contributed by atoms with van der Waals surface area (Å²) in [4.78, 5) is 9.36. The number of fused-ring (bicyclic) bond motifs is 3. The van der Waals surface area contributed by atoms with Gasteiger partial charge in [-0.1, -0.05) is 23.7 Å². The SMILES string of the molecule is Cc1cn2c(Nc3cccc(Cl)c3)nc3cc(/C(N)=N/N)ccc3c2n1. The number of nitrogens with zero attached hydrogens (tertiary/aromatic N) is 4. The highest BCUT2D eigenvalue weighted by atomic mass is 35.5. The van der Waals surface area contributed by atoms with Crippen molar-refractivity contribution >= 4 is 45.6 Å². The standard InChI is InChI=1S/C18H16ClN7/c1-10-9-26-17(22-10)14-6-5-11(16(20)25-21)7-15(14)24-18(26)23-13-4-2-3-12(19)8-13/h2-9H,21H2,1H3,(H2,20,25)(H,23,24). The fourth-order valence-corrected chi connectivity index (χ4v) is 3.04. The molecule has 0 spiro atoms. The lowest BCUT2D eigenvalue weighted by molar-refractivity contribution is 1.12. The van der Waals surface area contributed by atoms with Gasteiger partial charge in [-0.05, 0) is 37.3 Å². The van der Waals surface area contributed by atoms with Gasteiger partial charge in [-0.3, -0.25) is 4.40 Å². The Morgan fingerprint density at radius 3 is 2.81 bits per heavy atom. The third kappa shape index (κ3) is 2.78. The summed E-state index contributed by atoms with van der Waals surface area (Å²) in [6, 6.07) is 13.1. The first-order valence-electron chi connectivity index (χ1n) is 7.91. The van der Waals surface area contributed by atoms with Crippen molar-refractivity contribution in [3.05, 3.63) is 64.9 Å². The fraction of sp³-hybridized carbons (Fsp3) is 0.0556. The maximum atomic E-state index is 6.08. The first kappa shape index (κ1) is 16.2. The Balaban J connectivity index is 1.94. The Bertz CT molecular complexity index is 1160. The molecule has 0 atom stereocenters. The minimum absolute atomic E-state index is 0.248. The molecule has 2 aromatic carbocycles. The Morgan fingerprint density at radius 1 is 1.19 bits per heavy atom. The first-order chi connectivity index (χ1) is 12.5. The molecule has 5 N–H and O–H groups in total. The van der Waals surface area contributed by atoms with E-state index in [1.807, 2.05) is 60.0 Å². The molecule has 0 saturated heterocycles. The molecule has 7 nitrogen and oxygen atoms in total. The zero-order valence-electron chi connectivity index (χ0n) is 13.9. The van der Waals surface area contributed by atoms with Gasteiger partial charge in [-0.15, -0.1) is 0 Å². The second-order valence-electron chi connectivity index (χ2n) is 5.89. The maximum Gasteiger partial charge on any atom is 0.213 e. The number of aryl methyl sites for hydroxylation is 1. The maximum absolute atomic E-state index is 6.08. The number of nitrogens with two attached hydrogens (primary N) is 2. The molecular formula is C18H16ClN7. The summed E-state index contributed by atoms with van der Waals surface area (Å²) in [5.41, 5.74) is 9.78. The van der Waals surface area contributed by atoms with Crippen LogP contribution in [0.1, 0.15) is 11.3 Å². The molecule has 0 radical (unpaired) electrons. The molecule has 0 aliphatic carbocycles. The molecule has 2 aromatic heterocycles. The number of anilines is 2. The number of halogens is 1. The molecule has 2 heterocycles. The zero-order chi connectivity index (χ0) is 18.3. The van der Waals surface area contributed by atoms with Gasteiger partial charge in [0.25, 0.3) is 0 Å². The zero-order valence-corrected chi connectivity index (χ0v) is 14.7. The van der Waals surface area contributed by atoms with Crippen molar-refractivity contribution in [1.82, 2.24) is 14.4 Å². The average Bonchev–Trinajstić information content (AvgIpc) is 3.02. The van der Waals surface area contributed by atoms with E-state index >= 15 is 0 Å². The lowest BCUT2D eigenvalue weighted by Gasteiger charge is -2.11. The largest absolute Gasteiger partial charge is 0.382 e. The van der Waals surface area contributed by atoms with Crippen molar-refractivity contribution in [2.75, 3.05) is 5.32 Å². The predicted molar refractivity (Wildman–Crippen MR) is 105 cm³/mol. The Labute approximate surface area is 154 Å². The van der Waals surface area contributed by atoms with Crippen molar-refractivity contribution < 1.29 is 0 Å². The van der Waals surface area contributed by atoms with Crippen molar-refractivity contribution in [2.45, 2.75) is 6.92 Å². The summed E-state index contributed by atoms with van der Waals surface area (Å²) in [5, 5.41) is 8.39. The van der Waals surface area contributed by atoms with Crippen molar-refractivity contribution in [3.8, 4) is 0 Å². The van der Waals surface area contributed by atoms with Crippen LogP contribution in [-0.4, -0.2) is 20.2 Å². The van der Waals surface area contributed by atoms with Crippen molar-refractivity contribution in [1.29, 1.82) is 0 Å². The van der Waals surface area contributed by atoms with Gasteiger partial charge in [-0.25, -0.2) is 9.97 Å². The van der Waals surface area contributed by atoms with Gasteiger partial charge >= 0.3 is 0 Å². The summed E-state index contributed by atoms with van der Waals surface area (Å²) in [5.74, 6) is 6.16.